The summed E-state index contributed by atoms with van der Waals surface area (Å²) in [5, 5.41) is 8.79. The number of rotatable bonds is 4. The number of carbonyl (C=O) groups excluding carboxylic acids is 1. The number of sulfonamides is 1. The molecule has 0 saturated carbocycles. The Balaban J connectivity index is 1.81. The van der Waals surface area contributed by atoms with E-state index in [-0.39, 0.29) is 18.7 Å². The van der Waals surface area contributed by atoms with Gasteiger partial charge in [0, 0.05) is 6.54 Å². The molecule has 1 saturated heterocycles. The van der Waals surface area contributed by atoms with Crippen LogP contribution in [0.3, 0.4) is 0 Å². The van der Waals surface area contributed by atoms with Gasteiger partial charge in [0.05, 0.1) is 5.75 Å². The second-order valence-electron chi connectivity index (χ2n) is 5.70. The molecule has 0 bridgehead atoms. The normalized spacial score (nSPS) is 20.0. The van der Waals surface area contributed by atoms with Gasteiger partial charge in [0.25, 0.3) is 5.91 Å². The number of hydroxylamine groups is 1. The number of benzene rings is 2. The Labute approximate surface area is 140 Å². The molecule has 6 nitrogen and oxygen atoms in total. The van der Waals surface area contributed by atoms with Crippen LogP contribution in [-0.2, 0) is 21.4 Å². The first-order valence-corrected chi connectivity index (χ1v) is 9.20. The molecule has 126 valence electrons. The molecule has 1 aliphatic heterocycles. The van der Waals surface area contributed by atoms with Crippen LogP contribution in [0.2, 0.25) is 0 Å². The summed E-state index contributed by atoms with van der Waals surface area (Å²) in [6.07, 6.45) is 0.177. The summed E-state index contributed by atoms with van der Waals surface area (Å²) in [6.45, 7) is 0.107. The Hall–Kier alpha value is -2.22. The molecule has 7 heteroatoms. The van der Waals surface area contributed by atoms with Crippen molar-refractivity contribution in [3.05, 3.63) is 60.2 Å². The topological polar surface area (TPSA) is 86.7 Å². The van der Waals surface area contributed by atoms with Gasteiger partial charge in [-0.15, -0.1) is 0 Å². The molecule has 0 radical (unpaired) electrons. The third kappa shape index (κ3) is 3.33. The fourth-order valence-electron chi connectivity index (χ4n) is 2.87. The lowest BCUT2D eigenvalue weighted by Gasteiger charge is -2.21. The van der Waals surface area contributed by atoms with Crippen LogP contribution in [-0.4, -0.2) is 35.6 Å². The molecule has 24 heavy (non-hydrogen) atoms. The summed E-state index contributed by atoms with van der Waals surface area (Å²) in [5.74, 6) is -0.787. The Bertz CT molecular complexity index is 819. The molecule has 0 aromatic heterocycles. The Kier molecular flexibility index (Phi) is 4.66. The molecule has 3 rings (SSSR count). The van der Waals surface area contributed by atoms with Crippen LogP contribution in [0.25, 0.3) is 11.1 Å². The van der Waals surface area contributed by atoms with Crippen molar-refractivity contribution in [2.24, 2.45) is 0 Å². The SMILES string of the molecule is O=C(NO)C1CCS(=O)(=O)N1Cc1ccc(-c2ccccc2)cc1. The van der Waals surface area contributed by atoms with Crippen LogP contribution < -0.4 is 5.48 Å². The van der Waals surface area contributed by atoms with Crippen molar-refractivity contribution in [3.8, 4) is 11.1 Å². The highest BCUT2D eigenvalue weighted by Crippen LogP contribution is 2.25. The zero-order chi connectivity index (χ0) is 17.2. The van der Waals surface area contributed by atoms with E-state index in [1.807, 2.05) is 54.6 Å². The van der Waals surface area contributed by atoms with Crippen LogP contribution in [0.5, 0.6) is 0 Å². The predicted octanol–water partition coefficient (Wildman–Crippen LogP) is 1.76. The lowest BCUT2D eigenvalue weighted by molar-refractivity contribution is -0.133. The van der Waals surface area contributed by atoms with E-state index in [0.717, 1.165) is 21.0 Å². The number of hydrogen-bond donors (Lipinski definition) is 2. The van der Waals surface area contributed by atoms with Crippen molar-refractivity contribution in [1.29, 1.82) is 0 Å². The standard InChI is InChI=1S/C17H18N2O4S/c20-17(18-21)16-10-11-24(22,23)19(16)12-13-6-8-15(9-7-13)14-4-2-1-3-5-14/h1-9,16,21H,10-12H2,(H,18,20). The molecule has 0 aliphatic carbocycles. The minimum absolute atomic E-state index is 0.0901. The highest BCUT2D eigenvalue weighted by molar-refractivity contribution is 7.89. The lowest BCUT2D eigenvalue weighted by Crippen LogP contribution is -2.43. The average Bonchev–Trinajstić information content (AvgIpc) is 2.90. The monoisotopic (exact) mass is 346 g/mol. The second kappa shape index (κ2) is 6.72. The van der Waals surface area contributed by atoms with Crippen molar-refractivity contribution in [1.82, 2.24) is 9.79 Å². The maximum Gasteiger partial charge on any atom is 0.261 e. The first-order chi connectivity index (χ1) is 11.5. The molecule has 2 aromatic carbocycles. The van der Waals surface area contributed by atoms with Crippen molar-refractivity contribution >= 4 is 15.9 Å². The third-order valence-electron chi connectivity index (χ3n) is 4.17. The molecular weight excluding hydrogens is 328 g/mol. The largest absolute Gasteiger partial charge is 0.289 e. The first-order valence-electron chi connectivity index (χ1n) is 7.59. The summed E-state index contributed by atoms with van der Waals surface area (Å²) in [4.78, 5) is 11.7. The first kappa shape index (κ1) is 16.6. The van der Waals surface area contributed by atoms with Crippen LogP contribution in [0.4, 0.5) is 0 Å². The summed E-state index contributed by atoms with van der Waals surface area (Å²) >= 11 is 0. The Morgan fingerprint density at radius 1 is 1.08 bits per heavy atom. The van der Waals surface area contributed by atoms with Crippen LogP contribution in [0.15, 0.2) is 54.6 Å². The summed E-state index contributed by atoms with van der Waals surface area (Å²) in [7, 11) is -3.49. The molecule has 2 N–H and O–H groups in total. The predicted molar refractivity (Wildman–Crippen MR) is 89.5 cm³/mol. The lowest BCUT2D eigenvalue weighted by atomic mass is 10.0. The number of amides is 1. The van der Waals surface area contributed by atoms with Crippen molar-refractivity contribution in [2.75, 3.05) is 5.75 Å². The van der Waals surface area contributed by atoms with Gasteiger partial charge in [0.15, 0.2) is 0 Å². The van der Waals surface area contributed by atoms with Gasteiger partial charge in [-0.2, -0.15) is 4.31 Å². The summed E-state index contributed by atoms with van der Waals surface area (Å²) in [6, 6.07) is 16.5. The minimum atomic E-state index is -3.49. The van der Waals surface area contributed by atoms with E-state index >= 15 is 0 Å². The van der Waals surface area contributed by atoms with Crippen LogP contribution in [0, 0.1) is 0 Å². The molecule has 0 spiro atoms. The molecule has 1 atom stereocenters. The van der Waals surface area contributed by atoms with Gasteiger partial charge < -0.3 is 0 Å². The van der Waals surface area contributed by atoms with Gasteiger partial charge in [-0.1, -0.05) is 54.6 Å². The zero-order valence-electron chi connectivity index (χ0n) is 12.9. The Morgan fingerprint density at radius 3 is 2.33 bits per heavy atom. The van der Waals surface area contributed by atoms with Gasteiger partial charge in [0.2, 0.25) is 10.0 Å². The van der Waals surface area contributed by atoms with Crippen LogP contribution >= 0.6 is 0 Å². The number of nitrogens with zero attached hydrogens (tertiary/aromatic N) is 1. The van der Waals surface area contributed by atoms with E-state index in [4.69, 9.17) is 5.21 Å². The summed E-state index contributed by atoms with van der Waals surface area (Å²) in [5.41, 5.74) is 4.45. The average molecular weight is 346 g/mol. The van der Waals surface area contributed by atoms with E-state index in [1.54, 1.807) is 5.48 Å². The number of hydrogen-bond acceptors (Lipinski definition) is 4. The molecule has 1 heterocycles. The smallest absolute Gasteiger partial charge is 0.261 e. The van der Waals surface area contributed by atoms with Crippen molar-refractivity contribution in [2.45, 2.75) is 19.0 Å². The van der Waals surface area contributed by atoms with Crippen molar-refractivity contribution in [3.63, 3.8) is 0 Å². The molecule has 1 amide bonds. The number of nitrogens with one attached hydrogen (secondary N) is 1. The quantitative estimate of drug-likeness (QED) is 0.652. The molecule has 2 aromatic rings. The van der Waals surface area contributed by atoms with Crippen molar-refractivity contribution < 1.29 is 18.4 Å². The number of carbonyl (C=O) groups is 1. The molecular formula is C17H18N2O4S. The van der Waals surface area contributed by atoms with Gasteiger partial charge >= 0.3 is 0 Å². The molecule has 1 aliphatic rings. The fourth-order valence-corrected chi connectivity index (χ4v) is 4.56. The maximum atomic E-state index is 12.1. The van der Waals surface area contributed by atoms with E-state index < -0.39 is 22.0 Å². The van der Waals surface area contributed by atoms with E-state index in [1.165, 1.54) is 0 Å². The molecule has 1 fully saturated rings. The fraction of sp³-hybridized carbons (Fsp3) is 0.235. The van der Waals surface area contributed by atoms with E-state index in [9.17, 15) is 13.2 Å². The van der Waals surface area contributed by atoms with Gasteiger partial charge in [-0.05, 0) is 23.1 Å². The van der Waals surface area contributed by atoms with Gasteiger partial charge in [-0.3, -0.25) is 10.0 Å². The maximum absolute atomic E-state index is 12.1. The third-order valence-corrected chi connectivity index (χ3v) is 6.02. The second-order valence-corrected chi connectivity index (χ2v) is 7.75. The Morgan fingerprint density at radius 2 is 1.71 bits per heavy atom. The van der Waals surface area contributed by atoms with Gasteiger partial charge in [0.1, 0.15) is 6.04 Å². The highest BCUT2D eigenvalue weighted by Gasteiger charge is 2.41. The summed E-state index contributed by atoms with van der Waals surface area (Å²) < 4.78 is 25.4. The highest BCUT2D eigenvalue weighted by atomic mass is 32.2. The zero-order valence-corrected chi connectivity index (χ0v) is 13.7. The van der Waals surface area contributed by atoms with Gasteiger partial charge in [-0.25, -0.2) is 13.9 Å². The van der Waals surface area contributed by atoms with E-state index in [2.05, 4.69) is 0 Å². The van der Waals surface area contributed by atoms with Crippen LogP contribution in [0.1, 0.15) is 12.0 Å². The van der Waals surface area contributed by atoms with E-state index in [0.29, 0.717) is 0 Å². The minimum Gasteiger partial charge on any atom is -0.289 e. The molecule has 1 unspecified atom stereocenters.